The summed E-state index contributed by atoms with van der Waals surface area (Å²) < 4.78 is 10.8. The first kappa shape index (κ1) is 22.8. The molecule has 0 radical (unpaired) electrons. The van der Waals surface area contributed by atoms with Crippen molar-refractivity contribution >= 4 is 81.2 Å². The van der Waals surface area contributed by atoms with Crippen LogP contribution in [0, 0.1) is 0 Å². The molecule has 3 aromatic carbocycles. The number of nitrogens with zero attached hydrogens (tertiary/aromatic N) is 1. The highest BCUT2D eigenvalue weighted by Gasteiger charge is 2.15. The van der Waals surface area contributed by atoms with Crippen LogP contribution in [-0.4, -0.2) is 7.11 Å². The third-order valence-corrected chi connectivity index (χ3v) is 10.7. The Kier molecular flexibility index (Phi) is 5.82. The van der Waals surface area contributed by atoms with E-state index < -0.39 is 0 Å². The van der Waals surface area contributed by atoms with Gasteiger partial charge in [0.2, 0.25) is 0 Å². The molecule has 0 saturated heterocycles. The SMILES string of the molecule is COc1ccc(N(c2ccc(-c3cc4sccc4s3)cc2)c2ccc(-c3cc4sccc4s3)cc2)cc1. The highest BCUT2D eigenvalue weighted by molar-refractivity contribution is 7.29. The van der Waals surface area contributed by atoms with Gasteiger partial charge in [-0.2, -0.15) is 0 Å². The third kappa shape index (κ3) is 4.26. The van der Waals surface area contributed by atoms with E-state index in [1.54, 1.807) is 29.8 Å². The second kappa shape index (κ2) is 9.47. The molecule has 0 aliphatic carbocycles. The highest BCUT2D eigenvalue weighted by atomic mass is 32.1. The van der Waals surface area contributed by atoms with Gasteiger partial charge in [0.25, 0.3) is 0 Å². The molecule has 37 heavy (non-hydrogen) atoms. The Bertz CT molecular complexity index is 1630. The molecule has 0 fully saturated rings. The van der Waals surface area contributed by atoms with Crippen molar-refractivity contribution < 1.29 is 4.74 Å². The summed E-state index contributed by atoms with van der Waals surface area (Å²) in [6.07, 6.45) is 0. The second-order valence-electron chi connectivity index (χ2n) is 8.65. The monoisotopic (exact) mass is 551 g/mol. The molecule has 4 heterocycles. The Morgan fingerprint density at radius 3 is 1.35 bits per heavy atom. The lowest BCUT2D eigenvalue weighted by Gasteiger charge is -2.26. The zero-order valence-electron chi connectivity index (χ0n) is 19.9. The van der Waals surface area contributed by atoms with Crippen LogP contribution in [0.2, 0.25) is 0 Å². The van der Waals surface area contributed by atoms with Crippen molar-refractivity contribution in [2.24, 2.45) is 0 Å². The summed E-state index contributed by atoms with van der Waals surface area (Å²) in [4.78, 5) is 4.92. The fraction of sp³-hybridized carbons (Fsp3) is 0.0323. The van der Waals surface area contributed by atoms with Gasteiger partial charge in [-0.3, -0.25) is 0 Å². The van der Waals surface area contributed by atoms with Gasteiger partial charge in [-0.1, -0.05) is 24.3 Å². The van der Waals surface area contributed by atoms with E-state index in [0.29, 0.717) is 0 Å². The Labute approximate surface area is 231 Å². The molecular formula is C31H21NOS4. The number of thiophene rings is 4. The maximum Gasteiger partial charge on any atom is 0.119 e. The van der Waals surface area contributed by atoms with Crippen molar-refractivity contribution in [1.82, 2.24) is 0 Å². The summed E-state index contributed by atoms with van der Waals surface area (Å²) in [6, 6.07) is 35.1. The van der Waals surface area contributed by atoms with Crippen molar-refractivity contribution in [2.75, 3.05) is 12.0 Å². The van der Waals surface area contributed by atoms with Crippen LogP contribution in [0.25, 0.3) is 39.7 Å². The fourth-order valence-corrected chi connectivity index (χ4v) is 8.77. The van der Waals surface area contributed by atoms with E-state index in [4.69, 9.17) is 4.74 Å². The first-order valence-corrected chi connectivity index (χ1v) is 15.2. The Hall–Kier alpha value is -3.42. The van der Waals surface area contributed by atoms with Gasteiger partial charge < -0.3 is 9.64 Å². The Morgan fingerprint density at radius 2 is 0.946 bits per heavy atom. The van der Waals surface area contributed by atoms with Crippen molar-refractivity contribution in [3.8, 4) is 26.6 Å². The topological polar surface area (TPSA) is 12.5 Å². The van der Waals surface area contributed by atoms with E-state index in [-0.39, 0.29) is 0 Å². The van der Waals surface area contributed by atoms with Crippen LogP contribution in [-0.2, 0) is 0 Å². The minimum absolute atomic E-state index is 0.852. The normalized spacial score (nSPS) is 11.4. The first-order chi connectivity index (χ1) is 18.2. The second-order valence-corrected chi connectivity index (χ2v) is 12.7. The molecule has 7 aromatic rings. The lowest BCUT2D eigenvalue weighted by molar-refractivity contribution is 0.415. The highest BCUT2D eigenvalue weighted by Crippen LogP contribution is 2.41. The molecular weight excluding hydrogens is 531 g/mol. The van der Waals surface area contributed by atoms with E-state index in [0.717, 1.165) is 22.8 Å². The zero-order valence-corrected chi connectivity index (χ0v) is 23.1. The van der Waals surface area contributed by atoms with Crippen molar-refractivity contribution in [2.45, 2.75) is 0 Å². The van der Waals surface area contributed by atoms with E-state index in [1.165, 1.54) is 39.7 Å². The molecule has 0 N–H and O–H groups in total. The molecule has 4 aromatic heterocycles. The average molecular weight is 552 g/mol. The van der Waals surface area contributed by atoms with Crippen LogP contribution in [0.4, 0.5) is 17.1 Å². The predicted molar refractivity (Wildman–Crippen MR) is 165 cm³/mol. The van der Waals surface area contributed by atoms with Gasteiger partial charge in [0, 0.05) is 45.6 Å². The number of anilines is 3. The maximum atomic E-state index is 5.41. The minimum atomic E-state index is 0.852. The van der Waals surface area contributed by atoms with Gasteiger partial charge in [-0.15, -0.1) is 45.3 Å². The number of benzene rings is 3. The molecule has 7 rings (SSSR count). The number of rotatable bonds is 6. The summed E-state index contributed by atoms with van der Waals surface area (Å²) in [7, 11) is 1.70. The average Bonchev–Trinajstić information content (AvgIpc) is 3.72. The van der Waals surface area contributed by atoms with E-state index >= 15 is 0 Å². The number of methoxy groups -OCH3 is 1. The van der Waals surface area contributed by atoms with E-state index in [1.807, 2.05) is 34.8 Å². The number of ether oxygens (including phenoxy) is 1. The smallest absolute Gasteiger partial charge is 0.119 e. The van der Waals surface area contributed by atoms with Crippen molar-refractivity contribution in [1.29, 1.82) is 0 Å². The van der Waals surface area contributed by atoms with Crippen LogP contribution < -0.4 is 9.64 Å². The molecule has 6 heteroatoms. The van der Waals surface area contributed by atoms with Gasteiger partial charge in [0.1, 0.15) is 5.75 Å². The summed E-state index contributed by atoms with van der Waals surface area (Å²) in [5, 5.41) is 4.32. The summed E-state index contributed by atoms with van der Waals surface area (Å²) >= 11 is 7.31. The molecule has 180 valence electrons. The number of hydrogen-bond acceptors (Lipinski definition) is 6. The molecule has 2 nitrogen and oxygen atoms in total. The maximum absolute atomic E-state index is 5.41. The first-order valence-electron chi connectivity index (χ1n) is 11.8. The molecule has 0 spiro atoms. The van der Waals surface area contributed by atoms with Crippen molar-refractivity contribution in [3.63, 3.8) is 0 Å². The molecule has 0 bridgehead atoms. The van der Waals surface area contributed by atoms with Gasteiger partial charge in [0.05, 0.1) is 7.11 Å². The third-order valence-electron chi connectivity index (χ3n) is 6.43. The lowest BCUT2D eigenvalue weighted by atomic mass is 10.1. The molecule has 0 unspecified atom stereocenters. The predicted octanol–water partition coefficient (Wildman–Crippen LogP) is 11.1. The Morgan fingerprint density at radius 1 is 0.514 bits per heavy atom. The summed E-state index contributed by atoms with van der Waals surface area (Å²) in [5.41, 5.74) is 5.84. The van der Waals surface area contributed by atoms with Crippen LogP contribution >= 0.6 is 45.3 Å². The summed E-state index contributed by atoms with van der Waals surface area (Å²) in [6.45, 7) is 0. The van der Waals surface area contributed by atoms with Gasteiger partial charge in [-0.05, 0) is 94.7 Å². The Balaban J connectivity index is 1.25. The molecule has 0 saturated carbocycles. The lowest BCUT2D eigenvalue weighted by Crippen LogP contribution is -2.09. The van der Waals surface area contributed by atoms with Crippen LogP contribution in [0.15, 0.2) is 108 Å². The molecule has 0 amide bonds. The molecule has 0 aliphatic rings. The van der Waals surface area contributed by atoms with E-state index in [9.17, 15) is 0 Å². The van der Waals surface area contributed by atoms with Gasteiger partial charge in [-0.25, -0.2) is 0 Å². The fourth-order valence-electron chi connectivity index (χ4n) is 4.54. The number of fused-ring (bicyclic) bond motifs is 2. The van der Waals surface area contributed by atoms with Crippen LogP contribution in [0.1, 0.15) is 0 Å². The molecule has 0 aliphatic heterocycles. The van der Waals surface area contributed by atoms with Crippen LogP contribution in [0.5, 0.6) is 5.75 Å². The minimum Gasteiger partial charge on any atom is -0.497 e. The van der Waals surface area contributed by atoms with Gasteiger partial charge >= 0.3 is 0 Å². The quantitative estimate of drug-likeness (QED) is 0.204. The molecule has 0 atom stereocenters. The largest absolute Gasteiger partial charge is 0.497 e. The zero-order chi connectivity index (χ0) is 24.8. The number of hydrogen-bond donors (Lipinski definition) is 0. The van der Waals surface area contributed by atoms with Crippen LogP contribution in [0.3, 0.4) is 0 Å². The summed E-state index contributed by atoms with van der Waals surface area (Å²) in [5.74, 6) is 0.852. The van der Waals surface area contributed by atoms with Crippen molar-refractivity contribution in [3.05, 3.63) is 108 Å². The van der Waals surface area contributed by atoms with Gasteiger partial charge in [0.15, 0.2) is 0 Å². The van der Waals surface area contributed by atoms with E-state index in [2.05, 4.69) is 101 Å². The standard InChI is InChI=1S/C31H21NOS4/c1-33-25-12-10-24(11-13-25)32(22-6-2-20(3-7-22)28-18-30-26(36-28)14-16-34-30)23-8-4-21(5-9-23)29-19-31-27(37-29)15-17-35-31/h2-19H,1H3.